The van der Waals surface area contributed by atoms with Crippen LogP contribution < -0.4 is 25.6 Å². The number of carbonyl (C=O) groups excluding carboxylic acids is 3. The Morgan fingerprint density at radius 2 is 1.93 bits per heavy atom. The molecule has 3 aromatic heterocycles. The summed E-state index contributed by atoms with van der Waals surface area (Å²) in [5.74, 6) is 0.529. The molecule has 41 heavy (non-hydrogen) atoms. The van der Waals surface area contributed by atoms with Crippen molar-refractivity contribution in [2.45, 2.75) is 61.5 Å². The van der Waals surface area contributed by atoms with Crippen LogP contribution in [0, 0.1) is 13.8 Å². The fourth-order valence-electron chi connectivity index (χ4n) is 5.58. The van der Waals surface area contributed by atoms with Crippen LogP contribution in [0.4, 0.5) is 16.2 Å². The molecule has 0 radical (unpaired) electrons. The highest BCUT2D eigenvalue weighted by atomic mass is 32.2. The van der Waals surface area contributed by atoms with E-state index in [1.54, 1.807) is 41.7 Å². The van der Waals surface area contributed by atoms with E-state index in [9.17, 15) is 14.4 Å². The van der Waals surface area contributed by atoms with Gasteiger partial charge in [0.2, 0.25) is 17.7 Å². The second kappa shape index (κ2) is 10.8. The Kier molecular flexibility index (Phi) is 7.08. The van der Waals surface area contributed by atoms with Crippen LogP contribution in [0.15, 0.2) is 60.5 Å². The van der Waals surface area contributed by atoms with Crippen LogP contribution in [0.5, 0.6) is 11.6 Å². The predicted molar refractivity (Wildman–Crippen MR) is 153 cm³/mol. The van der Waals surface area contributed by atoms with Gasteiger partial charge < -0.3 is 20.7 Å². The van der Waals surface area contributed by atoms with Gasteiger partial charge in [-0.2, -0.15) is 0 Å². The normalized spacial score (nSPS) is 22.5. The number of rotatable bonds is 7. The summed E-state index contributed by atoms with van der Waals surface area (Å²) < 4.78 is 5.93. The summed E-state index contributed by atoms with van der Waals surface area (Å²) in [6, 6.07) is 5.91. The summed E-state index contributed by atoms with van der Waals surface area (Å²) in [5, 5.41) is 9.15. The molecule has 1 fully saturated rings. The number of aryl methyl sites for hydroxylation is 2. The monoisotopic (exact) mass is 571 g/mol. The Balaban J connectivity index is 1.24. The highest BCUT2D eigenvalue weighted by Crippen LogP contribution is 2.51. The highest BCUT2D eigenvalue weighted by molar-refractivity contribution is 8.01. The van der Waals surface area contributed by atoms with Crippen molar-refractivity contribution in [1.29, 1.82) is 0 Å². The lowest BCUT2D eigenvalue weighted by atomic mass is 9.99. The van der Waals surface area contributed by atoms with Gasteiger partial charge in [0.1, 0.15) is 10.3 Å². The zero-order valence-electron chi connectivity index (χ0n) is 22.6. The van der Waals surface area contributed by atoms with E-state index < -0.39 is 11.3 Å². The lowest BCUT2D eigenvalue weighted by molar-refractivity contribution is -0.122. The molecule has 0 aromatic carbocycles. The number of urea groups is 1. The van der Waals surface area contributed by atoms with Gasteiger partial charge in [-0.25, -0.2) is 14.8 Å². The lowest BCUT2D eigenvalue weighted by Gasteiger charge is -2.35. The fraction of sp³-hybridized carbons (Fsp3) is 0.310. The number of ether oxygens (including phenoxy) is 1. The molecule has 3 N–H and O–H groups in total. The molecule has 0 bridgehead atoms. The van der Waals surface area contributed by atoms with Gasteiger partial charge in [-0.15, -0.1) is 0 Å². The zero-order valence-corrected chi connectivity index (χ0v) is 23.4. The van der Waals surface area contributed by atoms with Crippen molar-refractivity contribution in [3.8, 4) is 11.6 Å². The van der Waals surface area contributed by atoms with Crippen LogP contribution >= 0.6 is 11.8 Å². The van der Waals surface area contributed by atoms with E-state index in [4.69, 9.17) is 4.74 Å². The van der Waals surface area contributed by atoms with Crippen LogP contribution in [0.1, 0.15) is 42.1 Å². The van der Waals surface area contributed by atoms with Crippen molar-refractivity contribution in [2.75, 3.05) is 4.90 Å². The molecule has 210 valence electrons. The Morgan fingerprint density at radius 1 is 1.12 bits per heavy atom. The highest BCUT2D eigenvalue weighted by Gasteiger charge is 2.47. The average molecular weight is 572 g/mol. The Labute approximate surface area is 241 Å². The van der Waals surface area contributed by atoms with Crippen LogP contribution in [0.3, 0.4) is 0 Å². The molecular formula is C29H29N7O4S. The number of nitrogens with zero attached hydrogens (tertiary/aromatic N) is 4. The molecule has 6 rings (SSSR count). The number of amides is 4. The number of nitrogens with one attached hydrogen (secondary N) is 3. The average Bonchev–Trinajstić information content (AvgIpc) is 3.55. The molecule has 1 aliphatic carbocycles. The van der Waals surface area contributed by atoms with E-state index in [0.29, 0.717) is 28.0 Å². The summed E-state index contributed by atoms with van der Waals surface area (Å²) in [6.45, 7) is 7.25. The van der Waals surface area contributed by atoms with Crippen molar-refractivity contribution in [2.24, 2.45) is 0 Å². The van der Waals surface area contributed by atoms with Crippen molar-refractivity contribution < 1.29 is 19.1 Å². The minimum absolute atomic E-state index is 0.159. The summed E-state index contributed by atoms with van der Waals surface area (Å²) in [6.07, 6.45) is 8.62. The van der Waals surface area contributed by atoms with Gasteiger partial charge in [-0.1, -0.05) is 18.3 Å². The number of hydrogen-bond acceptors (Lipinski definition) is 8. The van der Waals surface area contributed by atoms with E-state index in [1.807, 2.05) is 19.9 Å². The molecule has 2 aliphatic heterocycles. The maximum absolute atomic E-state index is 13.6. The number of anilines is 2. The summed E-state index contributed by atoms with van der Waals surface area (Å²) in [5.41, 5.74) is 3.57. The maximum atomic E-state index is 13.6. The van der Waals surface area contributed by atoms with E-state index >= 15 is 0 Å². The Bertz CT molecular complexity index is 1560. The van der Waals surface area contributed by atoms with Crippen LogP contribution in [0.2, 0.25) is 0 Å². The number of thioether (sulfide) groups is 1. The Morgan fingerprint density at radius 3 is 2.68 bits per heavy atom. The van der Waals surface area contributed by atoms with Gasteiger partial charge in [0.25, 0.3) is 0 Å². The smallest absolute Gasteiger partial charge is 0.327 e. The quantitative estimate of drug-likeness (QED) is 0.362. The fourth-order valence-corrected chi connectivity index (χ4v) is 6.82. The largest absolute Gasteiger partial charge is 0.437 e. The van der Waals surface area contributed by atoms with Gasteiger partial charge in [0, 0.05) is 36.1 Å². The molecule has 5 heterocycles. The van der Waals surface area contributed by atoms with Crippen LogP contribution in [-0.2, 0) is 9.59 Å². The second-order valence-corrected chi connectivity index (χ2v) is 11.3. The van der Waals surface area contributed by atoms with Gasteiger partial charge in [0.15, 0.2) is 5.75 Å². The third kappa shape index (κ3) is 4.99. The maximum Gasteiger partial charge on any atom is 0.327 e. The standard InChI is InChI=1S/C29H29N7O4S/c1-4-22(37)33-17-7-5-8-18(17)34-27(38)26-25-24-19(10-12-31-28(24)41-26)36(29(39)35-25)20-14-32-23(13-15(20)2)40-21-9-6-11-30-16(21)3/h4,6,9-14,17-18,25-26H,1,5,7-8H2,2-3H3,(H,33,37)(H,34,38)(H,35,39)/t17-,18+,25?,26?/m0/s1. The van der Waals surface area contributed by atoms with Gasteiger partial charge >= 0.3 is 6.03 Å². The lowest BCUT2D eigenvalue weighted by Crippen LogP contribution is -2.53. The topological polar surface area (TPSA) is 138 Å². The third-order valence-electron chi connectivity index (χ3n) is 7.59. The van der Waals surface area contributed by atoms with Crippen LogP contribution in [-0.4, -0.2) is 50.1 Å². The summed E-state index contributed by atoms with van der Waals surface area (Å²) in [7, 11) is 0. The molecule has 0 saturated heterocycles. The number of pyridine rings is 3. The molecule has 3 aliphatic rings. The van der Waals surface area contributed by atoms with Crippen molar-refractivity contribution in [1.82, 2.24) is 30.9 Å². The molecule has 4 amide bonds. The van der Waals surface area contributed by atoms with E-state index in [1.165, 1.54) is 17.8 Å². The van der Waals surface area contributed by atoms with E-state index in [2.05, 4.69) is 37.5 Å². The van der Waals surface area contributed by atoms with Crippen molar-refractivity contribution in [3.63, 3.8) is 0 Å². The molecule has 1 saturated carbocycles. The molecule has 3 aromatic rings. The van der Waals surface area contributed by atoms with E-state index in [-0.39, 0.29) is 29.9 Å². The SMILES string of the molecule is C=CC(=O)N[C@H]1CCC[C@H]1NC(=O)C1Sc2nccc3c2C1NC(=O)N3c1cnc(Oc2cccnc2C)cc1C. The minimum Gasteiger partial charge on any atom is -0.437 e. The summed E-state index contributed by atoms with van der Waals surface area (Å²) in [4.78, 5) is 53.7. The first-order valence-corrected chi connectivity index (χ1v) is 14.3. The first kappa shape index (κ1) is 26.8. The number of carbonyl (C=O) groups is 3. The number of aromatic nitrogens is 3. The van der Waals surface area contributed by atoms with Gasteiger partial charge in [-0.3, -0.25) is 19.5 Å². The van der Waals surface area contributed by atoms with E-state index in [0.717, 1.165) is 36.1 Å². The molecular weight excluding hydrogens is 542 g/mol. The number of hydrogen-bond donors (Lipinski definition) is 3. The molecule has 12 heteroatoms. The predicted octanol–water partition coefficient (Wildman–Crippen LogP) is 4.00. The third-order valence-corrected chi connectivity index (χ3v) is 8.88. The second-order valence-electron chi connectivity index (χ2n) is 10.2. The molecule has 11 nitrogen and oxygen atoms in total. The first-order valence-electron chi connectivity index (χ1n) is 13.4. The Hall–Kier alpha value is -4.45. The summed E-state index contributed by atoms with van der Waals surface area (Å²) >= 11 is 1.33. The molecule has 2 unspecified atom stereocenters. The molecule has 0 spiro atoms. The van der Waals surface area contributed by atoms with Crippen molar-refractivity contribution in [3.05, 3.63) is 72.3 Å². The zero-order chi connectivity index (χ0) is 28.7. The first-order chi connectivity index (χ1) is 19.8. The van der Waals surface area contributed by atoms with Gasteiger partial charge in [-0.05, 0) is 62.9 Å². The minimum atomic E-state index is -0.598. The van der Waals surface area contributed by atoms with Crippen LogP contribution in [0.25, 0.3) is 0 Å². The van der Waals surface area contributed by atoms with Crippen molar-refractivity contribution >= 4 is 41.0 Å². The molecule has 4 atom stereocenters. The van der Waals surface area contributed by atoms with Gasteiger partial charge in [0.05, 0.1) is 29.3 Å².